The average molecular weight is 691 g/mol. The van der Waals surface area contributed by atoms with E-state index in [9.17, 15) is 0 Å². The molecule has 5 aromatic carbocycles. The molecule has 0 bridgehead atoms. The highest BCUT2D eigenvalue weighted by Gasteiger charge is 2.67. The van der Waals surface area contributed by atoms with Crippen molar-refractivity contribution in [1.82, 2.24) is 0 Å². The Balaban J connectivity index is 1.66. The van der Waals surface area contributed by atoms with Crippen LogP contribution in [0, 0.1) is 55.4 Å². The third-order valence-corrected chi connectivity index (χ3v) is 10.5. The van der Waals surface area contributed by atoms with E-state index in [4.69, 9.17) is 25.4 Å². The average Bonchev–Trinajstić information content (AvgIpc) is 3.32. The SMILES string of the molecule is C=C(B1OC(c2cc(C)cc(C)c2)(c2cc(C)cc(C)c2)[C@@H]2OC(C)(C)O[C@H]2C(c2cc(C)cc(C)c2)(c2cc(C)cc(C)c2)O1)c1ccccc1. The molecule has 2 saturated heterocycles. The van der Waals surface area contributed by atoms with Gasteiger partial charge >= 0.3 is 7.12 Å². The number of hydrogen-bond donors (Lipinski definition) is 0. The summed E-state index contributed by atoms with van der Waals surface area (Å²) in [6, 6.07) is 36.9. The molecule has 0 N–H and O–H groups in total. The van der Waals surface area contributed by atoms with Crippen LogP contribution in [-0.2, 0) is 30.0 Å². The lowest BCUT2D eigenvalue weighted by Gasteiger charge is -2.43. The molecule has 0 radical (unpaired) electrons. The normalized spacial score (nSPS) is 20.3. The molecule has 2 aliphatic rings. The van der Waals surface area contributed by atoms with Crippen molar-refractivity contribution in [3.8, 4) is 0 Å². The standard InChI is InChI=1S/C47H51BO4/c1-29-17-30(2)22-39(21-29)46(40-23-31(3)18-32(4)24-40)43-44(50-45(10,11)49-43)47(41-25-33(5)19-34(6)26-41,42-27-35(7)20-36(8)28-42)52-48(51-46)37(9)38-15-13-12-14-16-38/h12-28,43-44H,9H2,1-8,10-11H3/t43-,44-/m1/s1. The molecule has 2 atom stereocenters. The zero-order valence-corrected chi connectivity index (χ0v) is 32.4. The molecule has 0 unspecified atom stereocenters. The smallest absolute Gasteiger partial charge is 0.391 e. The highest BCUT2D eigenvalue weighted by molar-refractivity contribution is 6.68. The van der Waals surface area contributed by atoms with Crippen LogP contribution in [0.2, 0.25) is 0 Å². The Morgan fingerprint density at radius 3 is 1.06 bits per heavy atom. The lowest BCUT2D eigenvalue weighted by Crippen LogP contribution is -2.53. The van der Waals surface area contributed by atoms with Crippen molar-refractivity contribution < 1.29 is 18.8 Å². The summed E-state index contributed by atoms with van der Waals surface area (Å²) < 4.78 is 30.2. The summed E-state index contributed by atoms with van der Waals surface area (Å²) >= 11 is 0. The van der Waals surface area contributed by atoms with Gasteiger partial charge in [-0.05, 0) is 103 Å². The predicted molar refractivity (Wildman–Crippen MR) is 212 cm³/mol. The van der Waals surface area contributed by atoms with Gasteiger partial charge < -0.3 is 18.8 Å². The van der Waals surface area contributed by atoms with E-state index >= 15 is 0 Å². The van der Waals surface area contributed by atoms with Gasteiger partial charge in [0.1, 0.15) is 23.4 Å². The van der Waals surface area contributed by atoms with Gasteiger partial charge in [0.25, 0.3) is 0 Å². The Morgan fingerprint density at radius 2 is 0.769 bits per heavy atom. The molecule has 0 spiro atoms. The molecule has 0 saturated carbocycles. The van der Waals surface area contributed by atoms with Gasteiger partial charge in [-0.2, -0.15) is 0 Å². The van der Waals surface area contributed by atoms with E-state index in [0.29, 0.717) is 0 Å². The second-order valence-corrected chi connectivity index (χ2v) is 15.9. The van der Waals surface area contributed by atoms with Crippen molar-refractivity contribution in [2.75, 3.05) is 0 Å². The van der Waals surface area contributed by atoms with Gasteiger partial charge in [0.2, 0.25) is 0 Å². The lowest BCUT2D eigenvalue weighted by molar-refractivity contribution is -0.177. The summed E-state index contributed by atoms with van der Waals surface area (Å²) in [5.74, 6) is -0.975. The predicted octanol–water partition coefficient (Wildman–Crippen LogP) is 10.6. The van der Waals surface area contributed by atoms with Gasteiger partial charge in [0, 0.05) is 0 Å². The molecule has 5 aromatic rings. The first-order valence-corrected chi connectivity index (χ1v) is 18.4. The second-order valence-electron chi connectivity index (χ2n) is 15.9. The number of fused-ring (bicyclic) bond motifs is 1. The van der Waals surface area contributed by atoms with Gasteiger partial charge in [-0.15, -0.1) is 0 Å². The maximum absolute atomic E-state index is 7.81. The molecule has 0 aromatic heterocycles. The summed E-state index contributed by atoms with van der Waals surface area (Å²) in [7, 11) is -0.924. The number of ether oxygens (including phenoxy) is 2. The molecule has 266 valence electrons. The number of aryl methyl sites for hydroxylation is 8. The molecule has 52 heavy (non-hydrogen) atoms. The van der Waals surface area contributed by atoms with Crippen LogP contribution >= 0.6 is 0 Å². The van der Waals surface area contributed by atoms with E-state index in [2.05, 4.69) is 140 Å². The molecule has 2 aliphatic heterocycles. The Bertz CT molecular complexity index is 1860. The van der Waals surface area contributed by atoms with E-state index in [0.717, 1.165) is 77.8 Å². The molecule has 7 rings (SSSR count). The van der Waals surface area contributed by atoms with Gasteiger partial charge in [0.05, 0.1) is 0 Å². The first kappa shape index (κ1) is 36.1. The van der Waals surface area contributed by atoms with Crippen molar-refractivity contribution in [2.45, 2.75) is 98.4 Å². The summed E-state index contributed by atoms with van der Waals surface area (Å²) in [5.41, 5.74) is 12.3. The molecule has 5 heteroatoms. The maximum atomic E-state index is 7.81. The van der Waals surface area contributed by atoms with Crippen LogP contribution in [0.15, 0.2) is 110 Å². The van der Waals surface area contributed by atoms with E-state index in [-0.39, 0.29) is 0 Å². The zero-order chi connectivity index (χ0) is 37.2. The summed E-state index contributed by atoms with van der Waals surface area (Å²) in [4.78, 5) is 0. The van der Waals surface area contributed by atoms with Crippen molar-refractivity contribution in [1.29, 1.82) is 0 Å². The Hall–Kier alpha value is -4.26. The van der Waals surface area contributed by atoms with E-state index in [1.165, 1.54) is 0 Å². The second kappa shape index (κ2) is 13.3. The maximum Gasteiger partial charge on any atom is 0.495 e. The van der Waals surface area contributed by atoms with Gasteiger partial charge in [-0.1, -0.05) is 154 Å². The highest BCUT2D eigenvalue weighted by Crippen LogP contribution is 2.57. The minimum Gasteiger partial charge on any atom is -0.391 e. The fourth-order valence-corrected chi connectivity index (χ4v) is 8.80. The van der Waals surface area contributed by atoms with E-state index in [1.54, 1.807) is 0 Å². The van der Waals surface area contributed by atoms with Gasteiger partial charge in [0.15, 0.2) is 5.79 Å². The third kappa shape index (κ3) is 6.39. The first-order valence-electron chi connectivity index (χ1n) is 18.4. The van der Waals surface area contributed by atoms with Crippen molar-refractivity contribution >= 4 is 12.6 Å². The summed E-state index contributed by atoms with van der Waals surface area (Å²) in [5, 5.41) is 0. The minimum absolute atomic E-state index is 0.667. The molecular weight excluding hydrogens is 639 g/mol. The molecular formula is C47H51BO4. The zero-order valence-electron chi connectivity index (χ0n) is 32.4. The lowest BCUT2D eigenvalue weighted by atomic mass is 9.70. The summed E-state index contributed by atoms with van der Waals surface area (Å²) in [6.45, 7) is 25.9. The molecule has 0 amide bonds. The fraction of sp³-hybridized carbons (Fsp3) is 0.319. The number of benzene rings is 5. The largest absolute Gasteiger partial charge is 0.495 e. The topological polar surface area (TPSA) is 36.9 Å². The Morgan fingerprint density at radius 1 is 0.481 bits per heavy atom. The van der Waals surface area contributed by atoms with Crippen LogP contribution in [0.4, 0.5) is 0 Å². The van der Waals surface area contributed by atoms with E-state index in [1.807, 2.05) is 32.0 Å². The van der Waals surface area contributed by atoms with Gasteiger partial charge in [-0.3, -0.25) is 0 Å². The Kier molecular flexibility index (Phi) is 9.24. The van der Waals surface area contributed by atoms with Crippen molar-refractivity contribution in [3.63, 3.8) is 0 Å². The quantitative estimate of drug-likeness (QED) is 0.166. The highest BCUT2D eigenvalue weighted by atomic mass is 16.8. The van der Waals surface area contributed by atoms with Crippen molar-refractivity contribution in [2.24, 2.45) is 0 Å². The third-order valence-electron chi connectivity index (χ3n) is 10.5. The summed E-state index contributed by atoms with van der Waals surface area (Å²) in [6.07, 6.45) is -1.33. The molecule has 2 fully saturated rings. The fourth-order valence-electron chi connectivity index (χ4n) is 8.80. The monoisotopic (exact) mass is 690 g/mol. The Labute approximate surface area is 311 Å². The number of rotatable bonds is 6. The van der Waals surface area contributed by atoms with Crippen LogP contribution in [-0.4, -0.2) is 25.1 Å². The minimum atomic E-state index is -1.19. The van der Waals surface area contributed by atoms with Crippen LogP contribution in [0.5, 0.6) is 0 Å². The van der Waals surface area contributed by atoms with Crippen LogP contribution in [0.25, 0.3) is 5.47 Å². The van der Waals surface area contributed by atoms with Crippen LogP contribution in [0.1, 0.15) is 86.2 Å². The van der Waals surface area contributed by atoms with Crippen LogP contribution in [0.3, 0.4) is 0 Å². The first-order chi connectivity index (χ1) is 24.6. The number of hydrogen-bond acceptors (Lipinski definition) is 4. The van der Waals surface area contributed by atoms with Crippen molar-refractivity contribution in [3.05, 3.63) is 182 Å². The molecule has 0 aliphatic carbocycles. The van der Waals surface area contributed by atoms with E-state index < -0.39 is 36.3 Å². The molecule has 4 nitrogen and oxygen atoms in total. The molecule has 2 heterocycles. The van der Waals surface area contributed by atoms with Gasteiger partial charge in [-0.25, -0.2) is 0 Å². The van der Waals surface area contributed by atoms with Crippen LogP contribution < -0.4 is 0 Å².